The molecule has 0 aliphatic rings. The number of hydrogen-bond acceptors (Lipinski definition) is 4. The van der Waals surface area contributed by atoms with E-state index in [1.165, 1.54) is 36.5 Å². The Morgan fingerprint density at radius 2 is 1.72 bits per heavy atom. The summed E-state index contributed by atoms with van der Waals surface area (Å²) in [5, 5.41) is 3.14. The molecule has 2 aromatic carbocycles. The number of aromatic nitrogens is 1. The molecule has 1 aromatic heterocycles. The molecule has 0 saturated heterocycles. The lowest BCUT2D eigenvalue weighted by atomic mass is 10.2. The van der Waals surface area contributed by atoms with Crippen molar-refractivity contribution in [1.82, 2.24) is 4.98 Å². The molecule has 1 heterocycles. The molecule has 9 heteroatoms. The predicted octanol–water partition coefficient (Wildman–Crippen LogP) is 4.53. The van der Waals surface area contributed by atoms with Gasteiger partial charge in [0.1, 0.15) is 6.54 Å². The molecule has 0 radical (unpaired) electrons. The van der Waals surface area contributed by atoms with Crippen LogP contribution < -0.4 is 9.62 Å². The van der Waals surface area contributed by atoms with Crippen LogP contribution in [0.5, 0.6) is 0 Å². The van der Waals surface area contributed by atoms with Gasteiger partial charge in [0.2, 0.25) is 5.91 Å². The summed E-state index contributed by atoms with van der Waals surface area (Å²) in [6.07, 6.45) is 3.03. The SMILES string of the molecule is Cc1ccc(S(=O)(=O)N(CC(=O)Nc2cccnc2)c2cc(Cl)cc(Cl)c2)cc1. The van der Waals surface area contributed by atoms with E-state index in [9.17, 15) is 13.2 Å². The third-order valence-corrected chi connectivity index (χ3v) is 6.20. The average molecular weight is 450 g/mol. The minimum absolute atomic E-state index is 0.0494. The standard InChI is InChI=1S/C20H17Cl2N3O3S/c1-14-4-6-19(7-5-14)29(27,28)25(18-10-15(21)9-16(22)11-18)13-20(26)24-17-3-2-8-23-12-17/h2-12H,13H2,1H3,(H,24,26). The maximum Gasteiger partial charge on any atom is 0.264 e. The molecule has 0 fully saturated rings. The molecule has 29 heavy (non-hydrogen) atoms. The van der Waals surface area contributed by atoms with Gasteiger partial charge in [0.15, 0.2) is 0 Å². The summed E-state index contributed by atoms with van der Waals surface area (Å²) >= 11 is 12.1. The van der Waals surface area contributed by atoms with E-state index in [2.05, 4.69) is 10.3 Å². The van der Waals surface area contributed by atoms with Gasteiger partial charge in [-0.15, -0.1) is 0 Å². The fourth-order valence-electron chi connectivity index (χ4n) is 2.60. The first-order chi connectivity index (χ1) is 13.8. The van der Waals surface area contributed by atoms with Crippen LogP contribution in [0.4, 0.5) is 11.4 Å². The quantitative estimate of drug-likeness (QED) is 0.599. The summed E-state index contributed by atoms with van der Waals surface area (Å²) in [6, 6.07) is 14.0. The van der Waals surface area contributed by atoms with Crippen LogP contribution in [0.25, 0.3) is 0 Å². The van der Waals surface area contributed by atoms with Crippen molar-refractivity contribution in [3.63, 3.8) is 0 Å². The van der Waals surface area contributed by atoms with Crippen molar-refractivity contribution in [3.8, 4) is 0 Å². The number of sulfonamides is 1. The first-order valence-electron chi connectivity index (χ1n) is 8.51. The van der Waals surface area contributed by atoms with E-state index in [0.29, 0.717) is 5.69 Å². The van der Waals surface area contributed by atoms with Crippen molar-refractivity contribution in [2.45, 2.75) is 11.8 Å². The summed E-state index contributed by atoms with van der Waals surface area (Å²) in [5.41, 5.74) is 1.55. The summed E-state index contributed by atoms with van der Waals surface area (Å²) in [7, 11) is -4.05. The summed E-state index contributed by atoms with van der Waals surface area (Å²) in [4.78, 5) is 16.6. The van der Waals surface area contributed by atoms with Gasteiger partial charge < -0.3 is 5.32 Å². The number of nitrogens with zero attached hydrogens (tertiary/aromatic N) is 2. The molecule has 150 valence electrons. The Balaban J connectivity index is 1.99. The molecule has 3 rings (SSSR count). The van der Waals surface area contributed by atoms with Crippen LogP contribution in [0.2, 0.25) is 10.0 Å². The lowest BCUT2D eigenvalue weighted by Crippen LogP contribution is -2.38. The van der Waals surface area contributed by atoms with E-state index in [-0.39, 0.29) is 20.6 Å². The number of carbonyl (C=O) groups is 1. The van der Waals surface area contributed by atoms with E-state index < -0.39 is 22.5 Å². The number of anilines is 2. The fourth-order valence-corrected chi connectivity index (χ4v) is 4.52. The molecular formula is C20H17Cl2N3O3S. The molecule has 0 spiro atoms. The number of rotatable bonds is 6. The van der Waals surface area contributed by atoms with Gasteiger partial charge >= 0.3 is 0 Å². The van der Waals surface area contributed by atoms with Crippen LogP contribution in [0.3, 0.4) is 0 Å². The number of halogens is 2. The molecule has 1 amide bonds. The third-order valence-electron chi connectivity index (χ3n) is 3.98. The van der Waals surface area contributed by atoms with Crippen LogP contribution in [0.15, 0.2) is 71.9 Å². The minimum Gasteiger partial charge on any atom is -0.323 e. The van der Waals surface area contributed by atoms with E-state index in [1.54, 1.807) is 30.5 Å². The third kappa shape index (κ3) is 5.26. The lowest BCUT2D eigenvalue weighted by Gasteiger charge is -2.24. The molecule has 0 saturated carbocycles. The lowest BCUT2D eigenvalue weighted by molar-refractivity contribution is -0.114. The van der Waals surface area contributed by atoms with Crippen molar-refractivity contribution < 1.29 is 13.2 Å². The van der Waals surface area contributed by atoms with E-state index >= 15 is 0 Å². The molecule has 0 aliphatic heterocycles. The highest BCUT2D eigenvalue weighted by Gasteiger charge is 2.28. The zero-order valence-corrected chi connectivity index (χ0v) is 17.7. The van der Waals surface area contributed by atoms with Gasteiger partial charge in [-0.1, -0.05) is 40.9 Å². The van der Waals surface area contributed by atoms with Gasteiger partial charge in [-0.05, 0) is 49.4 Å². The molecule has 3 aromatic rings. The predicted molar refractivity (Wildman–Crippen MR) is 115 cm³/mol. The zero-order valence-electron chi connectivity index (χ0n) is 15.3. The topological polar surface area (TPSA) is 79.4 Å². The van der Waals surface area contributed by atoms with Crippen LogP contribution in [0.1, 0.15) is 5.56 Å². The highest BCUT2D eigenvalue weighted by molar-refractivity contribution is 7.92. The molecular weight excluding hydrogens is 433 g/mol. The Labute approximate surface area is 179 Å². The van der Waals surface area contributed by atoms with Gasteiger partial charge in [0.05, 0.1) is 22.5 Å². The number of benzene rings is 2. The van der Waals surface area contributed by atoms with Crippen LogP contribution >= 0.6 is 23.2 Å². The Morgan fingerprint density at radius 3 is 2.31 bits per heavy atom. The smallest absolute Gasteiger partial charge is 0.264 e. The van der Waals surface area contributed by atoms with Crippen molar-refractivity contribution in [2.75, 3.05) is 16.2 Å². The Kier molecular flexibility index (Phi) is 6.42. The normalized spacial score (nSPS) is 11.1. The maximum atomic E-state index is 13.3. The molecule has 0 aliphatic carbocycles. The second kappa shape index (κ2) is 8.82. The van der Waals surface area contributed by atoms with E-state index in [1.807, 2.05) is 6.92 Å². The molecule has 0 unspecified atom stereocenters. The number of nitrogens with one attached hydrogen (secondary N) is 1. The van der Waals surface area contributed by atoms with Crippen molar-refractivity contribution in [1.29, 1.82) is 0 Å². The first kappa shape index (κ1) is 21.1. The number of amides is 1. The Morgan fingerprint density at radius 1 is 1.07 bits per heavy atom. The Hall–Kier alpha value is -2.61. The van der Waals surface area contributed by atoms with Gasteiger partial charge in [-0.25, -0.2) is 8.42 Å². The zero-order chi connectivity index (χ0) is 21.0. The Bertz CT molecular complexity index is 1100. The summed E-state index contributed by atoms with van der Waals surface area (Å²) < 4.78 is 27.6. The van der Waals surface area contributed by atoms with Crippen molar-refractivity contribution in [2.24, 2.45) is 0 Å². The second-order valence-electron chi connectivity index (χ2n) is 6.24. The van der Waals surface area contributed by atoms with Crippen molar-refractivity contribution >= 4 is 50.5 Å². The summed E-state index contributed by atoms with van der Waals surface area (Å²) in [6.45, 7) is 1.38. The monoisotopic (exact) mass is 449 g/mol. The van der Waals surface area contributed by atoms with Gasteiger partial charge in [-0.3, -0.25) is 14.1 Å². The number of carbonyl (C=O) groups excluding carboxylic acids is 1. The van der Waals surface area contributed by atoms with Gasteiger partial charge in [0.25, 0.3) is 10.0 Å². The first-order valence-corrected chi connectivity index (χ1v) is 10.7. The molecule has 0 bridgehead atoms. The highest BCUT2D eigenvalue weighted by atomic mass is 35.5. The molecule has 0 atom stereocenters. The number of hydrogen-bond donors (Lipinski definition) is 1. The molecule has 6 nitrogen and oxygen atoms in total. The average Bonchev–Trinajstić information content (AvgIpc) is 2.66. The van der Waals surface area contributed by atoms with Crippen LogP contribution in [0, 0.1) is 6.92 Å². The van der Waals surface area contributed by atoms with Crippen LogP contribution in [-0.2, 0) is 14.8 Å². The maximum absolute atomic E-state index is 13.3. The fraction of sp³-hybridized carbons (Fsp3) is 0.100. The van der Waals surface area contributed by atoms with Crippen molar-refractivity contribution in [3.05, 3.63) is 82.6 Å². The van der Waals surface area contributed by atoms with Gasteiger partial charge in [0, 0.05) is 16.2 Å². The van der Waals surface area contributed by atoms with Gasteiger partial charge in [-0.2, -0.15) is 0 Å². The second-order valence-corrected chi connectivity index (χ2v) is 8.98. The summed E-state index contributed by atoms with van der Waals surface area (Å²) in [5.74, 6) is -0.537. The highest BCUT2D eigenvalue weighted by Crippen LogP contribution is 2.29. The largest absolute Gasteiger partial charge is 0.323 e. The number of aryl methyl sites for hydroxylation is 1. The van der Waals surface area contributed by atoms with E-state index in [0.717, 1.165) is 9.87 Å². The number of pyridine rings is 1. The van der Waals surface area contributed by atoms with E-state index in [4.69, 9.17) is 23.2 Å². The molecule has 1 N–H and O–H groups in total. The minimum atomic E-state index is -4.05. The van der Waals surface area contributed by atoms with Crippen LogP contribution in [-0.4, -0.2) is 25.9 Å².